The van der Waals surface area contributed by atoms with Gasteiger partial charge in [-0.05, 0) is 31.4 Å². The van der Waals surface area contributed by atoms with E-state index in [0.29, 0.717) is 6.54 Å². The summed E-state index contributed by atoms with van der Waals surface area (Å²) in [5, 5.41) is 17.8. The first kappa shape index (κ1) is 10.4. The van der Waals surface area contributed by atoms with Crippen LogP contribution < -0.4 is 4.90 Å². The fourth-order valence-electron chi connectivity index (χ4n) is 1.87. The van der Waals surface area contributed by atoms with Crippen LogP contribution in [0.2, 0.25) is 0 Å². The van der Waals surface area contributed by atoms with Gasteiger partial charge in [0.05, 0.1) is 11.8 Å². The Balaban J connectivity index is 2.07. The van der Waals surface area contributed by atoms with E-state index in [4.69, 9.17) is 0 Å². The van der Waals surface area contributed by atoms with Gasteiger partial charge in [-0.15, -0.1) is 5.10 Å². The Morgan fingerprint density at radius 3 is 2.93 bits per heavy atom. The van der Waals surface area contributed by atoms with Gasteiger partial charge in [0.25, 0.3) is 0 Å². The second kappa shape index (κ2) is 4.57. The predicted molar refractivity (Wildman–Crippen MR) is 58.9 cm³/mol. The molecule has 0 spiro atoms. The third-order valence-electron chi connectivity index (χ3n) is 2.79. The maximum absolute atomic E-state index is 9.55. The van der Waals surface area contributed by atoms with Crippen LogP contribution in [-0.4, -0.2) is 34.5 Å². The molecule has 1 fully saturated rings. The molecule has 4 nitrogen and oxygen atoms in total. The van der Waals surface area contributed by atoms with Crippen molar-refractivity contribution in [1.82, 2.24) is 10.2 Å². The third-order valence-corrected chi connectivity index (χ3v) is 2.79. The highest BCUT2D eigenvalue weighted by Gasteiger charge is 2.18. The van der Waals surface area contributed by atoms with Crippen LogP contribution in [0, 0.1) is 0 Å². The number of rotatable bonds is 2. The minimum Gasteiger partial charge on any atom is -0.391 e. The van der Waals surface area contributed by atoms with Gasteiger partial charge >= 0.3 is 0 Å². The standard InChI is InChI=1S/C11H17N3O/c1-2-9-5-6-11(13-12-9)14-7-3-4-10(15)8-14/h5-6,10,15H,2-4,7-8H2,1H3. The molecule has 0 amide bonds. The summed E-state index contributed by atoms with van der Waals surface area (Å²) in [6.45, 7) is 3.71. The van der Waals surface area contributed by atoms with Crippen molar-refractivity contribution in [2.75, 3.05) is 18.0 Å². The summed E-state index contributed by atoms with van der Waals surface area (Å²) in [4.78, 5) is 2.10. The average Bonchev–Trinajstić information content (AvgIpc) is 2.29. The molecule has 0 aliphatic carbocycles. The van der Waals surface area contributed by atoms with Crippen molar-refractivity contribution in [2.45, 2.75) is 32.3 Å². The van der Waals surface area contributed by atoms with E-state index < -0.39 is 0 Å². The molecule has 1 aromatic rings. The zero-order chi connectivity index (χ0) is 10.7. The molecule has 0 saturated carbocycles. The van der Waals surface area contributed by atoms with Crippen LogP contribution in [-0.2, 0) is 6.42 Å². The summed E-state index contributed by atoms with van der Waals surface area (Å²) in [7, 11) is 0. The molecule has 1 aliphatic rings. The van der Waals surface area contributed by atoms with Crippen LogP contribution in [0.15, 0.2) is 12.1 Å². The van der Waals surface area contributed by atoms with Gasteiger partial charge in [0.15, 0.2) is 5.82 Å². The molecule has 82 valence electrons. The number of aromatic nitrogens is 2. The van der Waals surface area contributed by atoms with Crippen LogP contribution in [0.3, 0.4) is 0 Å². The van der Waals surface area contributed by atoms with Crippen molar-refractivity contribution in [3.63, 3.8) is 0 Å². The van der Waals surface area contributed by atoms with E-state index in [0.717, 1.165) is 37.3 Å². The van der Waals surface area contributed by atoms with E-state index in [9.17, 15) is 5.11 Å². The number of nitrogens with zero attached hydrogens (tertiary/aromatic N) is 3. The lowest BCUT2D eigenvalue weighted by molar-refractivity contribution is 0.154. The fraction of sp³-hybridized carbons (Fsp3) is 0.636. The van der Waals surface area contributed by atoms with Gasteiger partial charge in [-0.2, -0.15) is 5.10 Å². The second-order valence-electron chi connectivity index (χ2n) is 3.98. The van der Waals surface area contributed by atoms with Gasteiger partial charge in [0.2, 0.25) is 0 Å². The molecule has 0 radical (unpaired) electrons. The molecular weight excluding hydrogens is 190 g/mol. The number of hydrogen-bond acceptors (Lipinski definition) is 4. The van der Waals surface area contributed by atoms with Gasteiger partial charge in [-0.3, -0.25) is 0 Å². The quantitative estimate of drug-likeness (QED) is 0.786. The highest BCUT2D eigenvalue weighted by Crippen LogP contribution is 2.16. The van der Waals surface area contributed by atoms with E-state index in [-0.39, 0.29) is 6.10 Å². The van der Waals surface area contributed by atoms with Crippen molar-refractivity contribution in [3.8, 4) is 0 Å². The lowest BCUT2D eigenvalue weighted by Gasteiger charge is -2.30. The molecule has 15 heavy (non-hydrogen) atoms. The fourth-order valence-corrected chi connectivity index (χ4v) is 1.87. The highest BCUT2D eigenvalue weighted by atomic mass is 16.3. The van der Waals surface area contributed by atoms with Crippen molar-refractivity contribution in [3.05, 3.63) is 17.8 Å². The number of aliphatic hydroxyl groups is 1. The first-order valence-corrected chi connectivity index (χ1v) is 5.55. The maximum Gasteiger partial charge on any atom is 0.151 e. The Morgan fingerprint density at radius 2 is 2.33 bits per heavy atom. The predicted octanol–water partition coefficient (Wildman–Crippen LogP) is 1.00. The molecular formula is C11H17N3O. The van der Waals surface area contributed by atoms with Crippen LogP contribution in [0.25, 0.3) is 0 Å². The van der Waals surface area contributed by atoms with Gasteiger partial charge in [-0.1, -0.05) is 6.92 Å². The maximum atomic E-state index is 9.55. The first-order valence-electron chi connectivity index (χ1n) is 5.55. The minimum atomic E-state index is -0.216. The number of aryl methyl sites for hydroxylation is 1. The largest absolute Gasteiger partial charge is 0.391 e. The lowest BCUT2D eigenvalue weighted by atomic mass is 10.1. The molecule has 1 aliphatic heterocycles. The monoisotopic (exact) mass is 207 g/mol. The SMILES string of the molecule is CCc1ccc(N2CCCC(O)C2)nn1. The van der Waals surface area contributed by atoms with E-state index in [1.165, 1.54) is 0 Å². The molecule has 0 bridgehead atoms. The smallest absolute Gasteiger partial charge is 0.151 e. The molecule has 1 saturated heterocycles. The summed E-state index contributed by atoms with van der Waals surface area (Å²) in [6.07, 6.45) is 2.62. The lowest BCUT2D eigenvalue weighted by Crippen LogP contribution is -2.38. The van der Waals surface area contributed by atoms with Gasteiger partial charge in [0, 0.05) is 13.1 Å². The molecule has 4 heteroatoms. The van der Waals surface area contributed by atoms with Crippen LogP contribution in [0.4, 0.5) is 5.82 Å². The number of hydrogen-bond donors (Lipinski definition) is 1. The summed E-state index contributed by atoms with van der Waals surface area (Å²) < 4.78 is 0. The average molecular weight is 207 g/mol. The molecule has 2 rings (SSSR count). The Hall–Kier alpha value is -1.16. The zero-order valence-electron chi connectivity index (χ0n) is 9.06. The van der Waals surface area contributed by atoms with Crippen LogP contribution in [0.1, 0.15) is 25.5 Å². The topological polar surface area (TPSA) is 49.2 Å². The van der Waals surface area contributed by atoms with E-state index >= 15 is 0 Å². The van der Waals surface area contributed by atoms with E-state index in [1.807, 2.05) is 12.1 Å². The van der Waals surface area contributed by atoms with Crippen molar-refractivity contribution < 1.29 is 5.11 Å². The Bertz CT molecular complexity index is 312. The summed E-state index contributed by atoms with van der Waals surface area (Å²) in [6, 6.07) is 3.99. The Labute approximate surface area is 89.9 Å². The number of β-amino-alcohol motifs (C(OH)–C–C–N with tert-alkyl or cyclic N) is 1. The van der Waals surface area contributed by atoms with Gasteiger partial charge in [0.1, 0.15) is 0 Å². The van der Waals surface area contributed by atoms with Crippen LogP contribution >= 0.6 is 0 Å². The number of anilines is 1. The normalized spacial score (nSPS) is 21.7. The molecule has 1 aromatic heterocycles. The van der Waals surface area contributed by atoms with Crippen LogP contribution in [0.5, 0.6) is 0 Å². The van der Waals surface area contributed by atoms with Gasteiger partial charge < -0.3 is 10.0 Å². The summed E-state index contributed by atoms with van der Waals surface area (Å²) >= 11 is 0. The molecule has 1 atom stereocenters. The Kier molecular flexibility index (Phi) is 3.16. The highest BCUT2D eigenvalue weighted by molar-refractivity contribution is 5.38. The molecule has 1 unspecified atom stereocenters. The third kappa shape index (κ3) is 2.45. The minimum absolute atomic E-state index is 0.216. The van der Waals surface area contributed by atoms with E-state index in [2.05, 4.69) is 22.0 Å². The van der Waals surface area contributed by atoms with E-state index in [1.54, 1.807) is 0 Å². The zero-order valence-corrected chi connectivity index (χ0v) is 9.06. The molecule has 2 heterocycles. The van der Waals surface area contributed by atoms with Gasteiger partial charge in [-0.25, -0.2) is 0 Å². The van der Waals surface area contributed by atoms with Crippen molar-refractivity contribution in [1.29, 1.82) is 0 Å². The number of piperidine rings is 1. The summed E-state index contributed by atoms with van der Waals surface area (Å²) in [5.41, 5.74) is 1.01. The first-order chi connectivity index (χ1) is 7.29. The second-order valence-corrected chi connectivity index (χ2v) is 3.98. The number of aliphatic hydroxyl groups excluding tert-OH is 1. The van der Waals surface area contributed by atoms with Crippen molar-refractivity contribution >= 4 is 5.82 Å². The Morgan fingerprint density at radius 1 is 1.47 bits per heavy atom. The summed E-state index contributed by atoms with van der Waals surface area (Å²) in [5.74, 6) is 0.881. The van der Waals surface area contributed by atoms with Crippen molar-refractivity contribution in [2.24, 2.45) is 0 Å². The molecule has 0 aromatic carbocycles. The molecule has 1 N–H and O–H groups in total.